The third-order valence-electron chi connectivity index (χ3n) is 7.31. The van der Waals surface area contributed by atoms with Gasteiger partial charge in [-0.1, -0.05) is 41.5 Å². The van der Waals surface area contributed by atoms with Crippen molar-refractivity contribution >= 4 is 27.7 Å². The van der Waals surface area contributed by atoms with Gasteiger partial charge < -0.3 is 13.6 Å². The van der Waals surface area contributed by atoms with E-state index in [2.05, 4.69) is 72.7 Å². The molecule has 1 saturated heterocycles. The molecule has 9 nitrogen and oxygen atoms in total. The number of nitrogens with one attached hydrogen (secondary N) is 1. The van der Waals surface area contributed by atoms with Crippen molar-refractivity contribution in [1.29, 1.82) is 0 Å². The Hall–Kier alpha value is -0.896. The van der Waals surface area contributed by atoms with Crippen LogP contribution in [0.2, 0.25) is 36.3 Å². The number of H-pyrrole nitrogens is 1. The minimum absolute atomic E-state index is 0.0121. The van der Waals surface area contributed by atoms with Gasteiger partial charge in [-0.2, -0.15) is 0 Å². The average Bonchev–Trinajstić information content (AvgIpc) is 2.94. The van der Waals surface area contributed by atoms with Crippen molar-refractivity contribution in [1.82, 2.24) is 9.55 Å². The van der Waals surface area contributed by atoms with Crippen molar-refractivity contribution in [3.05, 3.63) is 33.1 Å². The van der Waals surface area contributed by atoms with Crippen LogP contribution in [0, 0.1) is 0 Å². The Labute approximate surface area is 207 Å². The van der Waals surface area contributed by atoms with Crippen molar-refractivity contribution in [2.24, 2.45) is 0 Å². The molecule has 0 bridgehead atoms. The van der Waals surface area contributed by atoms with Gasteiger partial charge in [0.05, 0.1) is 6.61 Å². The molecule has 5 atom stereocenters. The van der Waals surface area contributed by atoms with Crippen LogP contribution >= 0.6 is 0 Å². The summed E-state index contributed by atoms with van der Waals surface area (Å²) in [5.74, 6) is 0. The van der Waals surface area contributed by atoms with Crippen molar-refractivity contribution in [3.8, 4) is 0 Å². The molecule has 0 aliphatic carbocycles. The fourth-order valence-corrected chi connectivity index (χ4v) is 5.96. The number of rotatable bonds is 8. The van der Waals surface area contributed by atoms with Crippen LogP contribution in [0.15, 0.2) is 21.9 Å². The first kappa shape index (κ1) is 29.3. The number of hydrogen-bond donors (Lipinski definition) is 1. The number of aromatic nitrogens is 2. The van der Waals surface area contributed by atoms with E-state index in [1.165, 1.54) is 23.1 Å². The summed E-state index contributed by atoms with van der Waals surface area (Å²) in [6.45, 7) is 21.5. The zero-order valence-electron chi connectivity index (χ0n) is 22.4. The highest BCUT2D eigenvalue weighted by Crippen LogP contribution is 2.43. The van der Waals surface area contributed by atoms with Crippen molar-refractivity contribution in [2.75, 3.05) is 12.9 Å². The molecule has 34 heavy (non-hydrogen) atoms. The quantitative estimate of drug-likeness (QED) is 0.508. The van der Waals surface area contributed by atoms with Crippen molar-refractivity contribution in [3.63, 3.8) is 0 Å². The molecule has 2 rings (SSSR count). The molecule has 0 amide bonds. The highest BCUT2D eigenvalue weighted by atomic mass is 32.2. The Balaban J connectivity index is 2.52. The fraction of sp³-hybridized carbons (Fsp3) is 0.818. The van der Waals surface area contributed by atoms with Crippen molar-refractivity contribution in [2.45, 2.75) is 102 Å². The molecule has 1 aliphatic heterocycles. The predicted octanol–water partition coefficient (Wildman–Crippen LogP) is 3.52. The van der Waals surface area contributed by atoms with Crippen molar-refractivity contribution < 1.29 is 22.0 Å². The second kappa shape index (κ2) is 10.2. The molecule has 2 heterocycles. The maximum atomic E-state index is 12.7. The van der Waals surface area contributed by atoms with Crippen LogP contribution in [0.3, 0.4) is 0 Å². The van der Waals surface area contributed by atoms with Gasteiger partial charge in [0, 0.05) is 18.5 Å². The molecular weight excluding hydrogens is 492 g/mol. The van der Waals surface area contributed by atoms with Gasteiger partial charge in [0.25, 0.3) is 5.56 Å². The van der Waals surface area contributed by atoms with E-state index in [4.69, 9.17) is 17.8 Å². The Bertz CT molecular complexity index is 994. The standard InChI is InChI=1S/C22H42N2O7SSi2/c1-21(2,3)33(8,9)28-14-15-17(30-32(7)27)18(31-34(10,11)22(4,5)6)19(29-15)24-13-12-16(25)23-20(24)26/h12-13,15,17-19H,14H2,1-11H3,(H,23,25,26)/t15-,17-,18-,19-,32?/m1/s1. The molecule has 0 saturated carbocycles. The van der Waals surface area contributed by atoms with Crippen LogP contribution in [0.5, 0.6) is 0 Å². The van der Waals surface area contributed by atoms with Crippen LogP contribution in [0.25, 0.3) is 0 Å². The molecule has 196 valence electrons. The summed E-state index contributed by atoms with van der Waals surface area (Å²) in [5, 5.41) is -0.138. The summed E-state index contributed by atoms with van der Waals surface area (Å²) in [6.07, 6.45) is -0.0915. The summed E-state index contributed by atoms with van der Waals surface area (Å²) in [7, 11) is -4.48. The van der Waals surface area contributed by atoms with Gasteiger partial charge in [0.15, 0.2) is 33.9 Å². The number of hydrogen-bond acceptors (Lipinski definition) is 7. The zero-order chi connectivity index (χ0) is 26.3. The van der Waals surface area contributed by atoms with E-state index in [9.17, 15) is 13.8 Å². The summed E-state index contributed by atoms with van der Waals surface area (Å²) < 4.78 is 38.8. The SMILES string of the molecule is CS(=O)O[C@H]1[C@@H](O[Si](C)(C)C(C)(C)C)[C@H](n2ccc(=O)[nH]c2=O)O[C@@H]1CO[Si](C)(C)C(C)(C)C. The Kier molecular flexibility index (Phi) is 8.83. The second-order valence-electron chi connectivity index (χ2n) is 12.0. The van der Waals surface area contributed by atoms with Gasteiger partial charge in [-0.15, -0.1) is 0 Å². The maximum absolute atomic E-state index is 12.7. The van der Waals surface area contributed by atoms with Gasteiger partial charge in [-0.3, -0.25) is 18.5 Å². The molecule has 1 fully saturated rings. The van der Waals surface area contributed by atoms with E-state index < -0.39 is 63.5 Å². The summed E-state index contributed by atoms with van der Waals surface area (Å²) in [4.78, 5) is 26.6. The largest absolute Gasteiger partial charge is 0.414 e. The van der Waals surface area contributed by atoms with E-state index >= 15 is 0 Å². The topological polar surface area (TPSA) is 109 Å². The Morgan fingerprint density at radius 3 is 2.06 bits per heavy atom. The molecule has 1 unspecified atom stereocenters. The lowest BCUT2D eigenvalue weighted by molar-refractivity contribution is -0.0504. The molecule has 1 aromatic heterocycles. The summed E-state index contributed by atoms with van der Waals surface area (Å²) in [6, 6.07) is 1.27. The third-order valence-corrected chi connectivity index (χ3v) is 16.8. The first-order valence-electron chi connectivity index (χ1n) is 11.6. The summed E-state index contributed by atoms with van der Waals surface area (Å²) in [5.41, 5.74) is -1.11. The molecule has 12 heteroatoms. The molecule has 0 spiro atoms. The minimum Gasteiger partial charge on any atom is -0.414 e. The van der Waals surface area contributed by atoms with E-state index in [0.717, 1.165) is 0 Å². The highest BCUT2D eigenvalue weighted by molar-refractivity contribution is 7.79. The first-order valence-corrected chi connectivity index (χ1v) is 18.9. The zero-order valence-corrected chi connectivity index (χ0v) is 25.2. The van der Waals surface area contributed by atoms with Gasteiger partial charge in [-0.25, -0.2) is 9.00 Å². The normalized spacial score (nSPS) is 25.5. The number of nitrogens with zero attached hydrogens (tertiary/aromatic N) is 1. The van der Waals surface area contributed by atoms with Crippen LogP contribution < -0.4 is 11.2 Å². The molecule has 1 N–H and O–H groups in total. The lowest BCUT2D eigenvalue weighted by Gasteiger charge is -2.40. The van der Waals surface area contributed by atoms with Gasteiger partial charge in [0.2, 0.25) is 0 Å². The van der Waals surface area contributed by atoms with E-state index in [-0.39, 0.29) is 16.7 Å². The Morgan fingerprint density at radius 2 is 1.59 bits per heavy atom. The second-order valence-corrected chi connectivity index (χ2v) is 22.5. The van der Waals surface area contributed by atoms with E-state index in [1.807, 2.05) is 0 Å². The average molecular weight is 535 g/mol. The molecule has 1 aromatic rings. The highest BCUT2D eigenvalue weighted by Gasteiger charge is 2.53. The molecule has 1 aliphatic rings. The Morgan fingerprint density at radius 1 is 1.03 bits per heavy atom. The number of aromatic amines is 1. The first-order chi connectivity index (χ1) is 15.3. The maximum Gasteiger partial charge on any atom is 0.330 e. The predicted molar refractivity (Wildman–Crippen MR) is 139 cm³/mol. The van der Waals surface area contributed by atoms with E-state index in [0.29, 0.717) is 0 Å². The van der Waals surface area contributed by atoms with Gasteiger partial charge >= 0.3 is 5.69 Å². The van der Waals surface area contributed by atoms with Gasteiger partial charge in [0.1, 0.15) is 18.3 Å². The molecule has 0 aromatic carbocycles. The number of ether oxygens (including phenoxy) is 1. The minimum atomic E-state index is -2.36. The summed E-state index contributed by atoms with van der Waals surface area (Å²) >= 11 is -1.60. The van der Waals surface area contributed by atoms with Crippen LogP contribution in [-0.2, 0) is 28.9 Å². The lowest BCUT2D eigenvalue weighted by atomic mass is 10.1. The van der Waals surface area contributed by atoms with Crippen LogP contribution in [0.4, 0.5) is 0 Å². The van der Waals surface area contributed by atoms with E-state index in [1.54, 1.807) is 0 Å². The van der Waals surface area contributed by atoms with Gasteiger partial charge in [-0.05, 0) is 36.3 Å². The fourth-order valence-electron chi connectivity index (χ4n) is 3.12. The molecule has 0 radical (unpaired) electrons. The third kappa shape index (κ3) is 6.65. The van der Waals surface area contributed by atoms with Crippen LogP contribution in [0.1, 0.15) is 47.8 Å². The smallest absolute Gasteiger partial charge is 0.330 e. The monoisotopic (exact) mass is 534 g/mol. The van der Waals surface area contributed by atoms with Crippen LogP contribution in [-0.4, -0.2) is 61.6 Å². The lowest BCUT2D eigenvalue weighted by Crippen LogP contribution is -2.51. The molecular formula is C22H42N2O7SSi2.